The van der Waals surface area contributed by atoms with Gasteiger partial charge in [-0.2, -0.15) is 0 Å². The molecule has 0 unspecified atom stereocenters. The van der Waals surface area contributed by atoms with Crippen LogP contribution in [0.15, 0.2) is 50.4 Å². The maximum atomic E-state index is 14.0. The Hall–Kier alpha value is -3.73. The van der Waals surface area contributed by atoms with Crippen LogP contribution in [0.2, 0.25) is 0 Å². The molecule has 1 aliphatic heterocycles. The Bertz CT molecular complexity index is 1640. The third-order valence-corrected chi connectivity index (χ3v) is 7.96. The summed E-state index contributed by atoms with van der Waals surface area (Å²) in [6.07, 6.45) is 0.542. The molecule has 0 radical (unpaired) electrons. The van der Waals surface area contributed by atoms with Crippen LogP contribution in [0.25, 0.3) is 20.7 Å². The smallest absolute Gasteiger partial charge is 0.410 e. The van der Waals surface area contributed by atoms with Crippen LogP contribution in [-0.4, -0.2) is 49.0 Å². The number of amides is 1. The number of hydrogen-bond acceptors (Lipinski definition) is 8. The minimum Gasteiger partial charge on any atom is -0.444 e. The fourth-order valence-electron chi connectivity index (χ4n) is 4.77. The zero-order valence-corrected chi connectivity index (χ0v) is 24.6. The molecule has 1 saturated heterocycles. The number of fused-ring (bicyclic) bond motifs is 1. The topological polar surface area (TPSA) is 112 Å². The van der Waals surface area contributed by atoms with Gasteiger partial charge in [-0.1, -0.05) is 51.1 Å². The molecule has 11 heteroatoms. The van der Waals surface area contributed by atoms with Crippen molar-refractivity contribution < 1.29 is 13.9 Å². The molecular formula is C29H35N5O5S. The fourth-order valence-corrected chi connectivity index (χ4v) is 5.88. The number of likely N-dealkylation sites (tertiary alicyclic amines) is 1. The largest absolute Gasteiger partial charge is 0.444 e. The van der Waals surface area contributed by atoms with E-state index >= 15 is 0 Å². The lowest BCUT2D eigenvalue weighted by Crippen LogP contribution is -2.47. The van der Waals surface area contributed by atoms with E-state index in [2.05, 4.69) is 10.2 Å². The van der Waals surface area contributed by atoms with Gasteiger partial charge in [0.1, 0.15) is 16.8 Å². The van der Waals surface area contributed by atoms with E-state index in [1.54, 1.807) is 9.47 Å². The summed E-state index contributed by atoms with van der Waals surface area (Å²) in [7, 11) is 0. The van der Waals surface area contributed by atoms with E-state index in [-0.39, 0.29) is 29.7 Å². The second-order valence-corrected chi connectivity index (χ2v) is 13.2. The molecule has 5 rings (SSSR count). The van der Waals surface area contributed by atoms with Gasteiger partial charge < -0.3 is 14.1 Å². The van der Waals surface area contributed by atoms with Gasteiger partial charge in [0.05, 0.1) is 5.52 Å². The maximum Gasteiger partial charge on any atom is 0.410 e. The van der Waals surface area contributed by atoms with Gasteiger partial charge >= 0.3 is 11.8 Å². The lowest BCUT2D eigenvalue weighted by atomic mass is 9.97. The van der Waals surface area contributed by atoms with Gasteiger partial charge in [0.25, 0.3) is 5.56 Å². The molecule has 1 amide bonds. The number of carbonyl (C=O) groups is 1. The Kier molecular flexibility index (Phi) is 7.20. The minimum atomic E-state index is -0.596. The van der Waals surface area contributed by atoms with Crippen LogP contribution in [-0.2, 0) is 16.7 Å². The van der Waals surface area contributed by atoms with Gasteiger partial charge in [0, 0.05) is 29.4 Å². The van der Waals surface area contributed by atoms with E-state index in [0.717, 1.165) is 10.4 Å². The SMILES string of the molecule is CC(C)(C)OC(=O)N1CCC(n2c(=O)c3sc(-c4ccccc4)cc3n(Cc3nnc(C(C)(C)C)o3)c2=O)CC1. The third kappa shape index (κ3) is 5.60. The molecule has 10 nitrogen and oxygen atoms in total. The zero-order valence-electron chi connectivity index (χ0n) is 23.8. The van der Waals surface area contributed by atoms with Crippen molar-refractivity contribution >= 4 is 27.6 Å². The Morgan fingerprint density at radius 1 is 1.05 bits per heavy atom. The van der Waals surface area contributed by atoms with Crippen LogP contribution in [0.1, 0.15) is 72.2 Å². The van der Waals surface area contributed by atoms with Crippen LogP contribution in [0.3, 0.4) is 0 Å². The van der Waals surface area contributed by atoms with Crippen molar-refractivity contribution in [2.45, 2.75) is 78.0 Å². The minimum absolute atomic E-state index is 0.0421. The van der Waals surface area contributed by atoms with Gasteiger partial charge in [-0.3, -0.25) is 13.9 Å². The number of hydrogen-bond donors (Lipinski definition) is 0. The summed E-state index contributed by atoms with van der Waals surface area (Å²) in [5, 5.41) is 8.37. The summed E-state index contributed by atoms with van der Waals surface area (Å²) in [4.78, 5) is 42.9. The molecule has 3 aromatic heterocycles. The lowest BCUT2D eigenvalue weighted by molar-refractivity contribution is 0.0186. The lowest BCUT2D eigenvalue weighted by Gasteiger charge is -2.34. The molecule has 1 aliphatic rings. The molecule has 0 N–H and O–H groups in total. The standard InChI is InChI=1S/C29H35N5O5S/c1-28(2,3)25-31-30-22(38-25)17-33-20-16-21(18-10-8-7-9-11-18)40-23(20)24(35)34(26(33)36)19-12-14-32(15-13-19)27(37)39-29(4,5)6/h7-11,16,19H,12-15,17H2,1-6H3. The molecule has 0 spiro atoms. The number of ether oxygens (including phenoxy) is 1. The highest BCUT2D eigenvalue weighted by atomic mass is 32.1. The molecule has 0 saturated carbocycles. The third-order valence-electron chi connectivity index (χ3n) is 6.79. The number of piperidine rings is 1. The van der Waals surface area contributed by atoms with E-state index in [1.165, 1.54) is 15.9 Å². The number of benzene rings is 1. The highest BCUT2D eigenvalue weighted by Gasteiger charge is 2.31. The van der Waals surface area contributed by atoms with E-state index in [1.807, 2.05) is 77.9 Å². The summed E-state index contributed by atoms with van der Waals surface area (Å²) in [5.41, 5.74) is -0.180. The molecular weight excluding hydrogens is 530 g/mol. The average molecular weight is 566 g/mol. The van der Waals surface area contributed by atoms with Crippen molar-refractivity contribution in [3.05, 3.63) is 69.0 Å². The molecule has 0 bridgehead atoms. The average Bonchev–Trinajstić information content (AvgIpc) is 3.55. The van der Waals surface area contributed by atoms with Crippen LogP contribution in [0, 0.1) is 0 Å². The van der Waals surface area contributed by atoms with Crippen molar-refractivity contribution in [1.82, 2.24) is 24.2 Å². The van der Waals surface area contributed by atoms with Crippen molar-refractivity contribution in [2.24, 2.45) is 0 Å². The zero-order chi connectivity index (χ0) is 28.8. The Labute approximate surface area is 236 Å². The van der Waals surface area contributed by atoms with Crippen LogP contribution in [0.4, 0.5) is 4.79 Å². The molecule has 212 valence electrons. The highest BCUT2D eigenvalue weighted by molar-refractivity contribution is 7.22. The quantitative estimate of drug-likeness (QED) is 0.335. The molecule has 4 aromatic rings. The number of carbonyl (C=O) groups excluding carboxylic acids is 1. The summed E-state index contributed by atoms with van der Waals surface area (Å²) in [6, 6.07) is 11.3. The first-order valence-corrected chi connectivity index (χ1v) is 14.3. The van der Waals surface area contributed by atoms with Crippen LogP contribution < -0.4 is 11.2 Å². The van der Waals surface area contributed by atoms with Gasteiger partial charge in [-0.05, 0) is 45.2 Å². The van der Waals surface area contributed by atoms with Crippen molar-refractivity contribution in [3.63, 3.8) is 0 Å². The molecule has 1 fully saturated rings. The van der Waals surface area contributed by atoms with Crippen molar-refractivity contribution in [1.29, 1.82) is 0 Å². The second-order valence-electron chi connectivity index (χ2n) is 12.2. The first-order chi connectivity index (χ1) is 18.8. The number of thiophene rings is 1. The molecule has 0 aliphatic carbocycles. The Morgan fingerprint density at radius 3 is 2.33 bits per heavy atom. The Morgan fingerprint density at radius 2 is 1.73 bits per heavy atom. The normalized spacial score (nSPS) is 15.1. The highest BCUT2D eigenvalue weighted by Crippen LogP contribution is 2.32. The van der Waals surface area contributed by atoms with Gasteiger partial charge in [-0.15, -0.1) is 21.5 Å². The van der Waals surface area contributed by atoms with Crippen molar-refractivity contribution in [2.75, 3.05) is 13.1 Å². The first kappa shape index (κ1) is 27.8. The molecule has 40 heavy (non-hydrogen) atoms. The number of aromatic nitrogens is 4. The molecule has 1 aromatic carbocycles. The van der Waals surface area contributed by atoms with Gasteiger partial charge in [0.15, 0.2) is 0 Å². The van der Waals surface area contributed by atoms with Crippen LogP contribution in [0.5, 0.6) is 0 Å². The predicted molar refractivity (Wildman–Crippen MR) is 154 cm³/mol. The van der Waals surface area contributed by atoms with Crippen LogP contribution >= 0.6 is 11.3 Å². The predicted octanol–water partition coefficient (Wildman–Crippen LogP) is 5.19. The Balaban J connectivity index is 1.55. The van der Waals surface area contributed by atoms with Crippen molar-refractivity contribution in [3.8, 4) is 10.4 Å². The summed E-state index contributed by atoms with van der Waals surface area (Å²) < 4.78 is 14.8. The van der Waals surface area contributed by atoms with E-state index in [0.29, 0.717) is 47.9 Å². The van der Waals surface area contributed by atoms with E-state index < -0.39 is 11.3 Å². The van der Waals surface area contributed by atoms with E-state index in [9.17, 15) is 14.4 Å². The van der Waals surface area contributed by atoms with E-state index in [4.69, 9.17) is 9.15 Å². The molecule has 0 atom stereocenters. The maximum absolute atomic E-state index is 14.0. The summed E-state index contributed by atoms with van der Waals surface area (Å²) in [5.74, 6) is 0.774. The fraction of sp³-hybridized carbons (Fsp3) is 0.483. The number of nitrogens with zero attached hydrogens (tertiary/aromatic N) is 5. The summed E-state index contributed by atoms with van der Waals surface area (Å²) >= 11 is 1.37. The summed E-state index contributed by atoms with van der Waals surface area (Å²) in [6.45, 7) is 12.2. The monoisotopic (exact) mass is 565 g/mol. The number of rotatable bonds is 4. The van der Waals surface area contributed by atoms with Gasteiger partial charge in [-0.25, -0.2) is 9.59 Å². The molecule has 4 heterocycles. The second kappa shape index (κ2) is 10.3. The first-order valence-electron chi connectivity index (χ1n) is 13.5. The van der Waals surface area contributed by atoms with Gasteiger partial charge in [0.2, 0.25) is 11.8 Å².